The van der Waals surface area contributed by atoms with E-state index in [0.717, 1.165) is 35.8 Å². The summed E-state index contributed by atoms with van der Waals surface area (Å²) >= 11 is 3.58. The molecule has 3 rings (SSSR count). The van der Waals surface area contributed by atoms with Crippen LogP contribution in [0.15, 0.2) is 22.7 Å². The van der Waals surface area contributed by atoms with Gasteiger partial charge in [0.2, 0.25) is 0 Å². The van der Waals surface area contributed by atoms with Crippen LogP contribution in [0.1, 0.15) is 37.2 Å². The molecule has 1 aromatic rings. The van der Waals surface area contributed by atoms with Crippen molar-refractivity contribution in [3.8, 4) is 5.75 Å². The van der Waals surface area contributed by atoms with Crippen molar-refractivity contribution < 1.29 is 4.74 Å². The van der Waals surface area contributed by atoms with E-state index in [0.29, 0.717) is 5.92 Å². The number of benzene rings is 1. The van der Waals surface area contributed by atoms with Crippen molar-refractivity contribution in [1.29, 1.82) is 0 Å². The van der Waals surface area contributed by atoms with Crippen LogP contribution in [0.5, 0.6) is 5.75 Å². The maximum absolute atomic E-state index is 5.92. The van der Waals surface area contributed by atoms with Gasteiger partial charge in [-0.05, 0) is 77.7 Å². The molecule has 0 bridgehead atoms. The van der Waals surface area contributed by atoms with Gasteiger partial charge in [-0.1, -0.05) is 6.07 Å². The second-order valence-corrected chi connectivity index (χ2v) is 6.34. The predicted octanol–water partition coefficient (Wildman–Crippen LogP) is 3.70. The molecule has 1 aliphatic carbocycles. The van der Waals surface area contributed by atoms with Crippen molar-refractivity contribution in [2.24, 2.45) is 5.92 Å². The van der Waals surface area contributed by atoms with Crippen LogP contribution in [0.2, 0.25) is 0 Å². The van der Waals surface area contributed by atoms with Gasteiger partial charge < -0.3 is 10.1 Å². The minimum Gasteiger partial charge on any atom is -0.492 e. The first kappa shape index (κ1) is 12.5. The van der Waals surface area contributed by atoms with E-state index in [1.165, 1.54) is 31.2 Å². The first-order chi connectivity index (χ1) is 8.83. The Balaban J connectivity index is 1.71. The largest absolute Gasteiger partial charge is 0.492 e. The number of piperidine rings is 1. The Morgan fingerprint density at radius 3 is 2.89 bits per heavy atom. The van der Waals surface area contributed by atoms with E-state index in [4.69, 9.17) is 4.74 Å². The minimum atomic E-state index is 0.648. The van der Waals surface area contributed by atoms with Crippen LogP contribution in [0.4, 0.5) is 0 Å². The molecule has 0 radical (unpaired) electrons. The van der Waals surface area contributed by atoms with Crippen LogP contribution in [0, 0.1) is 5.92 Å². The topological polar surface area (TPSA) is 21.3 Å². The third-order valence-electron chi connectivity index (χ3n) is 3.90. The smallest absolute Gasteiger partial charge is 0.133 e. The van der Waals surface area contributed by atoms with E-state index in [-0.39, 0.29) is 0 Å². The first-order valence-corrected chi connectivity index (χ1v) is 7.75. The Kier molecular flexibility index (Phi) is 3.90. The summed E-state index contributed by atoms with van der Waals surface area (Å²) in [6.07, 6.45) is 5.24. The molecule has 0 aromatic heterocycles. The summed E-state index contributed by atoms with van der Waals surface area (Å²) in [4.78, 5) is 0. The van der Waals surface area contributed by atoms with E-state index in [2.05, 4.69) is 39.4 Å². The lowest BCUT2D eigenvalue weighted by Crippen LogP contribution is -2.28. The highest BCUT2D eigenvalue weighted by Gasteiger charge is 2.23. The highest BCUT2D eigenvalue weighted by Crippen LogP contribution is 2.34. The SMILES string of the molecule is Brc1ccc(C2CCCNC2)cc1OCC1CC1. The number of nitrogens with one attached hydrogen (secondary N) is 1. The van der Waals surface area contributed by atoms with Gasteiger partial charge in [0.25, 0.3) is 0 Å². The second-order valence-electron chi connectivity index (χ2n) is 5.49. The fourth-order valence-electron chi connectivity index (χ4n) is 2.51. The summed E-state index contributed by atoms with van der Waals surface area (Å²) in [6, 6.07) is 6.59. The number of ether oxygens (including phenoxy) is 1. The van der Waals surface area contributed by atoms with Gasteiger partial charge in [0.05, 0.1) is 11.1 Å². The van der Waals surface area contributed by atoms with Gasteiger partial charge in [-0.15, -0.1) is 0 Å². The normalized spacial score (nSPS) is 23.9. The lowest BCUT2D eigenvalue weighted by atomic mass is 9.92. The fourth-order valence-corrected chi connectivity index (χ4v) is 2.87. The summed E-state index contributed by atoms with van der Waals surface area (Å²) in [7, 11) is 0. The Labute approximate surface area is 117 Å². The van der Waals surface area contributed by atoms with Crippen molar-refractivity contribution in [1.82, 2.24) is 5.32 Å². The predicted molar refractivity (Wildman–Crippen MR) is 77.2 cm³/mol. The Morgan fingerprint density at radius 2 is 2.17 bits per heavy atom. The average molecular weight is 310 g/mol. The molecular formula is C15H20BrNO. The molecule has 3 heteroatoms. The van der Waals surface area contributed by atoms with Gasteiger partial charge in [-0.25, -0.2) is 0 Å². The zero-order valence-electron chi connectivity index (χ0n) is 10.6. The molecule has 1 atom stereocenters. The van der Waals surface area contributed by atoms with Gasteiger partial charge in [-0.3, -0.25) is 0 Å². The lowest BCUT2D eigenvalue weighted by molar-refractivity contribution is 0.297. The molecular weight excluding hydrogens is 290 g/mol. The van der Waals surface area contributed by atoms with E-state index >= 15 is 0 Å². The fraction of sp³-hybridized carbons (Fsp3) is 0.600. The van der Waals surface area contributed by atoms with Gasteiger partial charge in [0.15, 0.2) is 0 Å². The van der Waals surface area contributed by atoms with Crippen molar-refractivity contribution in [2.45, 2.75) is 31.6 Å². The number of rotatable bonds is 4. The number of hydrogen-bond donors (Lipinski definition) is 1. The molecule has 98 valence electrons. The third kappa shape index (κ3) is 3.07. The molecule has 1 unspecified atom stereocenters. The summed E-state index contributed by atoms with van der Waals surface area (Å²) in [5.41, 5.74) is 1.41. The summed E-state index contributed by atoms with van der Waals surface area (Å²) in [5, 5.41) is 3.48. The highest BCUT2D eigenvalue weighted by molar-refractivity contribution is 9.10. The zero-order chi connectivity index (χ0) is 12.4. The summed E-state index contributed by atoms with van der Waals surface area (Å²) in [6.45, 7) is 3.15. The van der Waals surface area contributed by atoms with E-state index < -0.39 is 0 Å². The van der Waals surface area contributed by atoms with E-state index in [1.807, 2.05) is 0 Å². The molecule has 1 heterocycles. The average Bonchev–Trinajstić information content (AvgIpc) is 3.23. The van der Waals surface area contributed by atoms with Crippen LogP contribution >= 0.6 is 15.9 Å². The van der Waals surface area contributed by atoms with Gasteiger partial charge >= 0.3 is 0 Å². The molecule has 0 amide bonds. The zero-order valence-corrected chi connectivity index (χ0v) is 12.2. The third-order valence-corrected chi connectivity index (χ3v) is 4.55. The summed E-state index contributed by atoms with van der Waals surface area (Å²) < 4.78 is 7.00. The van der Waals surface area contributed by atoms with Crippen molar-refractivity contribution >= 4 is 15.9 Å². The molecule has 18 heavy (non-hydrogen) atoms. The maximum Gasteiger partial charge on any atom is 0.133 e. The second kappa shape index (κ2) is 5.62. The first-order valence-electron chi connectivity index (χ1n) is 6.96. The van der Waals surface area contributed by atoms with Crippen molar-refractivity contribution in [3.63, 3.8) is 0 Å². The maximum atomic E-state index is 5.92. The van der Waals surface area contributed by atoms with Gasteiger partial charge in [0.1, 0.15) is 5.75 Å². The highest BCUT2D eigenvalue weighted by atomic mass is 79.9. The van der Waals surface area contributed by atoms with Gasteiger partial charge in [-0.2, -0.15) is 0 Å². The van der Waals surface area contributed by atoms with Crippen LogP contribution in [-0.4, -0.2) is 19.7 Å². The molecule has 2 fully saturated rings. The molecule has 2 aliphatic rings. The minimum absolute atomic E-state index is 0.648. The standard InChI is InChI=1S/C15H20BrNO/c16-14-6-5-12(13-2-1-7-17-9-13)8-15(14)18-10-11-3-4-11/h5-6,8,11,13,17H,1-4,7,9-10H2. The van der Waals surface area contributed by atoms with Crippen molar-refractivity contribution in [3.05, 3.63) is 28.2 Å². The number of hydrogen-bond acceptors (Lipinski definition) is 2. The monoisotopic (exact) mass is 309 g/mol. The van der Waals surface area contributed by atoms with E-state index in [1.54, 1.807) is 0 Å². The van der Waals surface area contributed by atoms with Crippen LogP contribution < -0.4 is 10.1 Å². The molecule has 1 N–H and O–H groups in total. The quantitative estimate of drug-likeness (QED) is 0.915. The van der Waals surface area contributed by atoms with Crippen LogP contribution in [0.25, 0.3) is 0 Å². The molecule has 1 saturated carbocycles. The van der Waals surface area contributed by atoms with Crippen molar-refractivity contribution in [2.75, 3.05) is 19.7 Å². The molecule has 1 saturated heterocycles. The molecule has 0 spiro atoms. The van der Waals surface area contributed by atoms with Gasteiger partial charge in [0, 0.05) is 6.54 Å². The van der Waals surface area contributed by atoms with Crippen LogP contribution in [0.3, 0.4) is 0 Å². The lowest BCUT2D eigenvalue weighted by Gasteiger charge is -2.23. The number of halogens is 1. The van der Waals surface area contributed by atoms with E-state index in [9.17, 15) is 0 Å². The summed E-state index contributed by atoms with van der Waals surface area (Å²) in [5.74, 6) is 2.47. The molecule has 1 aromatic carbocycles. The Bertz CT molecular complexity index is 411. The Morgan fingerprint density at radius 1 is 1.28 bits per heavy atom. The van der Waals surface area contributed by atoms with Crippen LogP contribution in [-0.2, 0) is 0 Å². The molecule has 1 aliphatic heterocycles. The molecule has 2 nitrogen and oxygen atoms in total. The Hall–Kier alpha value is -0.540.